The predicted molar refractivity (Wildman–Crippen MR) is 64.0 cm³/mol. The number of para-hydroxylation sites is 1. The van der Waals surface area contributed by atoms with E-state index >= 15 is 0 Å². The number of carboxylic acid groups (broad SMARTS) is 1. The number of hydrogen-bond acceptors (Lipinski definition) is 2. The van der Waals surface area contributed by atoms with Gasteiger partial charge in [0.1, 0.15) is 5.54 Å². The molecule has 19 heavy (non-hydrogen) atoms. The van der Waals surface area contributed by atoms with Crippen LogP contribution in [0.1, 0.15) is 30.9 Å². The van der Waals surface area contributed by atoms with Gasteiger partial charge in [-0.25, -0.2) is 4.79 Å². The Bertz CT molecular complexity index is 513. The van der Waals surface area contributed by atoms with Gasteiger partial charge >= 0.3 is 12.1 Å². The smallest absolute Gasteiger partial charge is 0.418 e. The Morgan fingerprint density at radius 3 is 2.68 bits per heavy atom. The second kappa shape index (κ2) is 4.43. The quantitative estimate of drug-likeness (QED) is 0.869. The summed E-state index contributed by atoms with van der Waals surface area (Å²) in [5, 5.41) is 11.9. The molecule has 0 spiro atoms. The summed E-state index contributed by atoms with van der Waals surface area (Å²) in [5.74, 6) is -1.11. The zero-order valence-corrected chi connectivity index (χ0v) is 10.3. The summed E-state index contributed by atoms with van der Waals surface area (Å²) < 4.78 is 38.8. The van der Waals surface area contributed by atoms with Crippen LogP contribution < -0.4 is 5.32 Å². The maximum absolute atomic E-state index is 12.9. The SMILES string of the molecule is CCC1(C(=O)O)CCc2cccc(C(F)(F)F)c2N1. The van der Waals surface area contributed by atoms with E-state index in [2.05, 4.69) is 5.32 Å². The van der Waals surface area contributed by atoms with Crippen molar-refractivity contribution in [3.8, 4) is 0 Å². The molecule has 1 unspecified atom stereocenters. The number of carbonyl (C=O) groups is 1. The first-order chi connectivity index (χ1) is 8.80. The van der Waals surface area contributed by atoms with Gasteiger partial charge in [-0.2, -0.15) is 13.2 Å². The molecule has 1 aromatic carbocycles. The van der Waals surface area contributed by atoms with E-state index in [1.54, 1.807) is 13.0 Å². The van der Waals surface area contributed by atoms with Crippen molar-refractivity contribution in [1.82, 2.24) is 0 Å². The third kappa shape index (κ3) is 2.27. The van der Waals surface area contributed by atoms with Crippen LogP contribution in [0.2, 0.25) is 0 Å². The van der Waals surface area contributed by atoms with Gasteiger partial charge in [-0.1, -0.05) is 19.1 Å². The first kappa shape index (κ1) is 13.7. The van der Waals surface area contributed by atoms with Gasteiger partial charge in [0.15, 0.2) is 0 Å². The third-order valence-electron chi connectivity index (χ3n) is 3.65. The first-order valence-electron chi connectivity index (χ1n) is 6.01. The molecule has 2 N–H and O–H groups in total. The van der Waals surface area contributed by atoms with Crippen molar-refractivity contribution >= 4 is 11.7 Å². The van der Waals surface area contributed by atoms with Crippen LogP contribution in [0, 0.1) is 0 Å². The van der Waals surface area contributed by atoms with Gasteiger partial charge in [0.25, 0.3) is 0 Å². The number of aliphatic carboxylic acids is 1. The lowest BCUT2D eigenvalue weighted by molar-refractivity contribution is -0.143. The summed E-state index contributed by atoms with van der Waals surface area (Å²) in [6.45, 7) is 1.66. The average molecular weight is 273 g/mol. The molecule has 1 atom stereocenters. The molecule has 0 saturated carbocycles. The third-order valence-corrected chi connectivity index (χ3v) is 3.65. The van der Waals surface area contributed by atoms with Crippen LogP contribution in [0.15, 0.2) is 18.2 Å². The molecule has 0 aromatic heterocycles. The van der Waals surface area contributed by atoms with Crippen LogP contribution in [0.4, 0.5) is 18.9 Å². The molecule has 0 saturated heterocycles. The number of hydrogen-bond donors (Lipinski definition) is 2. The molecular weight excluding hydrogens is 259 g/mol. The fourth-order valence-electron chi connectivity index (χ4n) is 2.42. The molecule has 0 amide bonds. The number of aryl methyl sites for hydroxylation is 1. The molecule has 1 aliphatic rings. The van der Waals surface area contributed by atoms with E-state index in [1.165, 1.54) is 6.07 Å². The summed E-state index contributed by atoms with van der Waals surface area (Å²) >= 11 is 0. The second-order valence-corrected chi connectivity index (χ2v) is 4.70. The van der Waals surface area contributed by atoms with Crippen LogP contribution in [0.3, 0.4) is 0 Å². The van der Waals surface area contributed by atoms with Gasteiger partial charge in [-0.15, -0.1) is 0 Å². The Morgan fingerprint density at radius 2 is 2.16 bits per heavy atom. The van der Waals surface area contributed by atoms with Crippen molar-refractivity contribution in [2.45, 2.75) is 37.9 Å². The summed E-state index contributed by atoms with van der Waals surface area (Å²) in [6.07, 6.45) is -3.65. The molecule has 6 heteroatoms. The molecule has 0 fully saturated rings. The molecule has 0 radical (unpaired) electrons. The van der Waals surface area contributed by atoms with Gasteiger partial charge in [-0.3, -0.25) is 0 Å². The molecule has 0 bridgehead atoms. The Morgan fingerprint density at radius 1 is 1.47 bits per heavy atom. The number of rotatable bonds is 2. The lowest BCUT2D eigenvalue weighted by Crippen LogP contribution is -2.49. The lowest BCUT2D eigenvalue weighted by atomic mass is 9.83. The van der Waals surface area contributed by atoms with Gasteiger partial charge in [0.2, 0.25) is 0 Å². The topological polar surface area (TPSA) is 49.3 Å². The molecule has 3 nitrogen and oxygen atoms in total. The highest BCUT2D eigenvalue weighted by Crippen LogP contribution is 2.42. The zero-order valence-electron chi connectivity index (χ0n) is 10.3. The summed E-state index contributed by atoms with van der Waals surface area (Å²) in [5.41, 5.74) is -1.69. The van der Waals surface area contributed by atoms with E-state index in [1.807, 2.05) is 0 Å². The summed E-state index contributed by atoms with van der Waals surface area (Å²) in [7, 11) is 0. The van der Waals surface area contributed by atoms with Crippen molar-refractivity contribution in [3.05, 3.63) is 29.3 Å². The number of alkyl halides is 3. The maximum Gasteiger partial charge on any atom is 0.418 e. The van der Waals surface area contributed by atoms with Crippen LogP contribution >= 0.6 is 0 Å². The zero-order chi connectivity index (χ0) is 14.3. The van der Waals surface area contributed by atoms with Crippen molar-refractivity contribution in [2.75, 3.05) is 5.32 Å². The second-order valence-electron chi connectivity index (χ2n) is 4.70. The Kier molecular flexibility index (Phi) is 3.20. The van der Waals surface area contributed by atoms with Crippen LogP contribution in [0.25, 0.3) is 0 Å². The van der Waals surface area contributed by atoms with Gasteiger partial charge < -0.3 is 10.4 Å². The first-order valence-corrected chi connectivity index (χ1v) is 6.01. The fraction of sp³-hybridized carbons (Fsp3) is 0.462. The normalized spacial score (nSPS) is 22.5. The van der Waals surface area contributed by atoms with E-state index < -0.39 is 23.2 Å². The van der Waals surface area contributed by atoms with Crippen molar-refractivity contribution in [1.29, 1.82) is 0 Å². The molecule has 1 aromatic rings. The fourth-order valence-corrected chi connectivity index (χ4v) is 2.42. The molecule has 0 aliphatic carbocycles. The summed E-state index contributed by atoms with van der Waals surface area (Å²) in [4.78, 5) is 11.3. The lowest BCUT2D eigenvalue weighted by Gasteiger charge is -2.37. The summed E-state index contributed by atoms with van der Waals surface area (Å²) in [6, 6.07) is 3.92. The Labute approximate surface area is 108 Å². The number of fused-ring (bicyclic) bond motifs is 1. The van der Waals surface area contributed by atoms with E-state index in [9.17, 15) is 23.1 Å². The molecule has 104 valence electrons. The van der Waals surface area contributed by atoms with Crippen molar-refractivity contribution < 1.29 is 23.1 Å². The van der Waals surface area contributed by atoms with Gasteiger partial charge in [0.05, 0.1) is 11.3 Å². The van der Waals surface area contributed by atoms with E-state index in [0.717, 1.165) is 6.07 Å². The molecule has 1 heterocycles. The highest BCUT2D eigenvalue weighted by molar-refractivity contribution is 5.84. The monoisotopic (exact) mass is 273 g/mol. The minimum absolute atomic E-state index is 0.0921. The number of benzene rings is 1. The highest BCUT2D eigenvalue weighted by Gasteiger charge is 2.43. The largest absolute Gasteiger partial charge is 0.480 e. The van der Waals surface area contributed by atoms with Crippen LogP contribution in [0.5, 0.6) is 0 Å². The minimum Gasteiger partial charge on any atom is -0.480 e. The standard InChI is InChI=1S/C13H14F3NO2/c1-2-12(11(18)19)7-6-8-4-3-5-9(10(8)17-12)13(14,15)16/h3-5,17H,2,6-7H2,1H3,(H,18,19). The Hall–Kier alpha value is -1.72. The van der Waals surface area contributed by atoms with Gasteiger partial charge in [0, 0.05) is 0 Å². The van der Waals surface area contributed by atoms with Crippen LogP contribution in [-0.2, 0) is 17.4 Å². The average Bonchev–Trinajstić information content (AvgIpc) is 2.35. The van der Waals surface area contributed by atoms with Crippen LogP contribution in [-0.4, -0.2) is 16.6 Å². The Balaban J connectivity index is 2.52. The number of anilines is 1. The van der Waals surface area contributed by atoms with Crippen molar-refractivity contribution in [3.63, 3.8) is 0 Å². The van der Waals surface area contributed by atoms with E-state index in [4.69, 9.17) is 0 Å². The van der Waals surface area contributed by atoms with Gasteiger partial charge in [-0.05, 0) is 30.9 Å². The predicted octanol–water partition coefficient (Wildman–Crippen LogP) is 3.30. The number of halogens is 3. The molecular formula is C13H14F3NO2. The van der Waals surface area contributed by atoms with Crippen molar-refractivity contribution in [2.24, 2.45) is 0 Å². The van der Waals surface area contributed by atoms with E-state index in [-0.39, 0.29) is 18.5 Å². The maximum atomic E-state index is 12.9. The number of carboxylic acids is 1. The number of nitrogens with one attached hydrogen (secondary N) is 1. The minimum atomic E-state index is -4.49. The van der Waals surface area contributed by atoms with E-state index in [0.29, 0.717) is 12.0 Å². The molecule has 2 rings (SSSR count). The highest BCUT2D eigenvalue weighted by atomic mass is 19.4. The molecule has 1 aliphatic heterocycles.